The van der Waals surface area contributed by atoms with E-state index in [1.807, 2.05) is 24.3 Å². The number of nitrogens with one attached hydrogen (secondary N) is 2. The molecule has 28 heavy (non-hydrogen) atoms. The normalized spacial score (nSPS) is 20.9. The van der Waals surface area contributed by atoms with Gasteiger partial charge in [0.15, 0.2) is 0 Å². The van der Waals surface area contributed by atoms with E-state index in [4.69, 9.17) is 0 Å². The highest BCUT2D eigenvalue weighted by Crippen LogP contribution is 2.39. The number of anilines is 1. The number of aryl methyl sites for hydroxylation is 2. The van der Waals surface area contributed by atoms with Crippen LogP contribution in [-0.4, -0.2) is 29.3 Å². The first kappa shape index (κ1) is 18.2. The second-order valence-electron chi connectivity index (χ2n) is 7.25. The van der Waals surface area contributed by atoms with E-state index in [0.717, 1.165) is 28.9 Å². The van der Waals surface area contributed by atoms with Crippen molar-refractivity contribution in [3.05, 3.63) is 65.0 Å². The van der Waals surface area contributed by atoms with Crippen LogP contribution in [0.25, 0.3) is 0 Å². The van der Waals surface area contributed by atoms with Crippen LogP contribution in [0.5, 0.6) is 0 Å². The van der Waals surface area contributed by atoms with E-state index in [1.54, 1.807) is 19.1 Å². The van der Waals surface area contributed by atoms with Crippen molar-refractivity contribution in [3.8, 4) is 0 Å². The number of urea groups is 1. The summed E-state index contributed by atoms with van der Waals surface area (Å²) in [6.07, 6.45) is 2.11. The summed E-state index contributed by atoms with van der Waals surface area (Å²) in [5.41, 5.74) is 1.46. The molecule has 7 heteroatoms. The van der Waals surface area contributed by atoms with Crippen LogP contribution in [-0.2, 0) is 21.5 Å². The molecule has 2 N–H and O–H groups in total. The maximum absolute atomic E-state index is 13.7. The van der Waals surface area contributed by atoms with Crippen molar-refractivity contribution in [2.75, 3.05) is 11.9 Å². The van der Waals surface area contributed by atoms with Crippen LogP contribution in [0, 0.1) is 12.7 Å². The largest absolute Gasteiger partial charge is 0.325 e. The highest BCUT2D eigenvalue weighted by molar-refractivity contribution is 6.10. The Kier molecular flexibility index (Phi) is 4.37. The lowest BCUT2D eigenvalue weighted by Crippen LogP contribution is -2.47. The number of benzene rings is 2. The minimum atomic E-state index is -1.11. The van der Waals surface area contributed by atoms with Crippen LogP contribution < -0.4 is 10.6 Å². The van der Waals surface area contributed by atoms with Crippen LogP contribution in [0.15, 0.2) is 42.5 Å². The lowest BCUT2D eigenvalue weighted by Gasteiger charge is -2.33. The SMILES string of the molecule is Cc1ccc(NC(=O)CN2C(=O)NC3(CCCc4ccccc43)C2=O)cc1F. The van der Waals surface area contributed by atoms with Crippen molar-refractivity contribution in [1.82, 2.24) is 10.2 Å². The second kappa shape index (κ2) is 6.74. The lowest BCUT2D eigenvalue weighted by molar-refractivity contribution is -0.134. The molecule has 1 spiro atoms. The number of hydrogen-bond acceptors (Lipinski definition) is 3. The van der Waals surface area contributed by atoms with Crippen molar-refractivity contribution in [3.63, 3.8) is 0 Å². The fourth-order valence-corrected chi connectivity index (χ4v) is 3.97. The average Bonchev–Trinajstić information content (AvgIpc) is 2.90. The fraction of sp³-hybridized carbons (Fsp3) is 0.286. The fourth-order valence-electron chi connectivity index (χ4n) is 3.97. The lowest BCUT2D eigenvalue weighted by atomic mass is 9.76. The molecule has 2 aromatic carbocycles. The third-order valence-corrected chi connectivity index (χ3v) is 5.41. The predicted molar refractivity (Wildman–Crippen MR) is 101 cm³/mol. The summed E-state index contributed by atoms with van der Waals surface area (Å²) in [5.74, 6) is -1.42. The number of amides is 4. The maximum atomic E-state index is 13.7. The predicted octanol–water partition coefficient (Wildman–Crippen LogP) is 2.86. The van der Waals surface area contributed by atoms with Gasteiger partial charge in [0.25, 0.3) is 5.91 Å². The van der Waals surface area contributed by atoms with Crippen molar-refractivity contribution in [2.45, 2.75) is 31.7 Å². The number of carbonyl (C=O) groups excluding carboxylic acids is 3. The summed E-state index contributed by atoms with van der Waals surface area (Å²) in [6, 6.07) is 11.3. The minimum Gasteiger partial charge on any atom is -0.324 e. The molecule has 0 radical (unpaired) electrons. The molecule has 0 aromatic heterocycles. The molecule has 1 atom stereocenters. The van der Waals surface area contributed by atoms with Gasteiger partial charge < -0.3 is 10.6 Å². The van der Waals surface area contributed by atoms with Gasteiger partial charge in [-0.3, -0.25) is 14.5 Å². The number of hydrogen-bond donors (Lipinski definition) is 2. The molecule has 2 aromatic rings. The Hall–Kier alpha value is -3.22. The minimum absolute atomic E-state index is 0.276. The summed E-state index contributed by atoms with van der Waals surface area (Å²) >= 11 is 0. The smallest absolute Gasteiger partial charge is 0.324 e. The molecule has 144 valence electrons. The highest BCUT2D eigenvalue weighted by Gasteiger charge is 2.54. The van der Waals surface area contributed by atoms with Crippen molar-refractivity contribution >= 4 is 23.5 Å². The zero-order valence-electron chi connectivity index (χ0n) is 15.4. The van der Waals surface area contributed by atoms with Crippen LogP contribution in [0.1, 0.15) is 29.5 Å². The Morgan fingerprint density at radius 3 is 2.82 bits per heavy atom. The number of fused-ring (bicyclic) bond motifs is 2. The molecule has 4 amide bonds. The standard InChI is InChI=1S/C21H20FN3O3/c1-13-8-9-15(11-17(13)22)23-18(26)12-25-19(27)21(24-20(25)28)10-4-6-14-5-2-3-7-16(14)21/h2-3,5,7-9,11H,4,6,10,12H2,1H3,(H,23,26)(H,24,28). The number of halogens is 1. The second-order valence-corrected chi connectivity index (χ2v) is 7.25. The van der Waals surface area contributed by atoms with Gasteiger partial charge in [0.05, 0.1) is 0 Å². The van der Waals surface area contributed by atoms with Gasteiger partial charge in [0, 0.05) is 5.69 Å². The third-order valence-electron chi connectivity index (χ3n) is 5.41. The molecule has 6 nitrogen and oxygen atoms in total. The van der Waals surface area contributed by atoms with Gasteiger partial charge in [0.2, 0.25) is 5.91 Å². The molecule has 1 saturated heterocycles. The number of nitrogens with zero attached hydrogens (tertiary/aromatic N) is 1. The van der Waals surface area contributed by atoms with E-state index >= 15 is 0 Å². The molecule has 1 unspecified atom stereocenters. The molecule has 1 aliphatic carbocycles. The first-order chi connectivity index (χ1) is 13.4. The molecule has 2 aliphatic rings. The van der Waals surface area contributed by atoms with Gasteiger partial charge in [-0.15, -0.1) is 0 Å². The number of rotatable bonds is 3. The maximum Gasteiger partial charge on any atom is 0.325 e. The Labute approximate surface area is 161 Å². The Morgan fingerprint density at radius 1 is 1.25 bits per heavy atom. The van der Waals surface area contributed by atoms with Crippen LogP contribution in [0.3, 0.4) is 0 Å². The van der Waals surface area contributed by atoms with E-state index < -0.39 is 35.7 Å². The molecule has 0 bridgehead atoms. The van der Waals surface area contributed by atoms with Gasteiger partial charge in [-0.05, 0) is 55.0 Å². The van der Waals surface area contributed by atoms with Crippen molar-refractivity contribution in [2.24, 2.45) is 0 Å². The first-order valence-corrected chi connectivity index (χ1v) is 9.19. The van der Waals surface area contributed by atoms with E-state index in [2.05, 4.69) is 10.6 Å². The van der Waals surface area contributed by atoms with E-state index in [0.29, 0.717) is 12.0 Å². The molecular weight excluding hydrogens is 361 g/mol. The quantitative estimate of drug-likeness (QED) is 0.803. The summed E-state index contributed by atoms with van der Waals surface area (Å²) in [6.45, 7) is 1.19. The zero-order chi connectivity index (χ0) is 19.9. The van der Waals surface area contributed by atoms with Gasteiger partial charge in [-0.1, -0.05) is 30.3 Å². The van der Waals surface area contributed by atoms with Crippen molar-refractivity contribution < 1.29 is 18.8 Å². The number of imide groups is 1. The Morgan fingerprint density at radius 2 is 2.04 bits per heavy atom. The van der Waals surface area contributed by atoms with Gasteiger partial charge >= 0.3 is 6.03 Å². The molecule has 4 rings (SSSR count). The molecular formula is C21H20FN3O3. The summed E-state index contributed by atoms with van der Waals surface area (Å²) < 4.78 is 13.7. The molecule has 1 heterocycles. The highest BCUT2D eigenvalue weighted by atomic mass is 19.1. The van der Waals surface area contributed by atoms with Crippen LogP contribution >= 0.6 is 0 Å². The zero-order valence-corrected chi connectivity index (χ0v) is 15.4. The molecule has 1 fully saturated rings. The van der Waals surface area contributed by atoms with Gasteiger partial charge in [-0.2, -0.15) is 0 Å². The van der Waals surface area contributed by atoms with Crippen LogP contribution in [0.4, 0.5) is 14.9 Å². The van der Waals surface area contributed by atoms with Gasteiger partial charge in [0.1, 0.15) is 17.9 Å². The Balaban J connectivity index is 1.54. The van der Waals surface area contributed by atoms with E-state index in [-0.39, 0.29) is 5.69 Å². The topological polar surface area (TPSA) is 78.5 Å². The van der Waals surface area contributed by atoms with Gasteiger partial charge in [-0.25, -0.2) is 9.18 Å². The molecule has 0 saturated carbocycles. The summed E-state index contributed by atoms with van der Waals surface area (Å²) in [4.78, 5) is 39.0. The molecule has 1 aliphatic heterocycles. The van der Waals surface area contributed by atoms with E-state index in [1.165, 1.54) is 6.07 Å². The van der Waals surface area contributed by atoms with Crippen molar-refractivity contribution in [1.29, 1.82) is 0 Å². The summed E-state index contributed by atoms with van der Waals surface area (Å²) in [5, 5.41) is 5.34. The average molecular weight is 381 g/mol. The first-order valence-electron chi connectivity index (χ1n) is 9.19. The monoisotopic (exact) mass is 381 g/mol. The number of carbonyl (C=O) groups is 3. The third kappa shape index (κ3) is 2.93. The van der Waals surface area contributed by atoms with Crippen LogP contribution in [0.2, 0.25) is 0 Å². The Bertz CT molecular complexity index is 991. The van der Waals surface area contributed by atoms with E-state index in [9.17, 15) is 18.8 Å². The summed E-state index contributed by atoms with van der Waals surface area (Å²) in [7, 11) is 0.